The van der Waals surface area contributed by atoms with Gasteiger partial charge in [-0.25, -0.2) is 4.68 Å². The van der Waals surface area contributed by atoms with Crippen LogP contribution in [-0.4, -0.2) is 20.9 Å². The normalized spacial score (nSPS) is 11.0. The van der Waals surface area contributed by atoms with E-state index < -0.39 is 0 Å². The van der Waals surface area contributed by atoms with E-state index in [1.807, 2.05) is 48.0 Å². The number of hydrogen-bond donors (Lipinski definition) is 2. The molecule has 5 aromatic rings. The molecule has 2 heterocycles. The smallest absolute Gasteiger partial charge is 0.224 e. The molecule has 7 heteroatoms. The predicted molar refractivity (Wildman–Crippen MR) is 134 cm³/mol. The summed E-state index contributed by atoms with van der Waals surface area (Å²) in [5, 5.41) is 17.9. The second-order valence-corrected chi connectivity index (χ2v) is 8.73. The molecule has 33 heavy (non-hydrogen) atoms. The van der Waals surface area contributed by atoms with Crippen molar-refractivity contribution in [1.29, 1.82) is 0 Å². The number of nitrogens with zero attached hydrogens (tertiary/aromatic N) is 3. The number of thiophene rings is 1. The van der Waals surface area contributed by atoms with E-state index in [0.717, 1.165) is 22.4 Å². The fraction of sp³-hybridized carbons (Fsp3) is 0.115. The number of nitrogens with one attached hydrogen (secondary N) is 1. The van der Waals surface area contributed by atoms with Crippen LogP contribution in [0.4, 0.5) is 11.4 Å². The van der Waals surface area contributed by atoms with Crippen LogP contribution in [-0.2, 0) is 17.8 Å². The number of amides is 1. The van der Waals surface area contributed by atoms with Gasteiger partial charge in [0.15, 0.2) is 0 Å². The number of nitrogens with two attached hydrogens (primary N) is 1. The summed E-state index contributed by atoms with van der Waals surface area (Å²) in [6, 6.07) is 22.4. The molecular weight excluding hydrogens is 430 g/mol. The van der Waals surface area contributed by atoms with Crippen molar-refractivity contribution in [1.82, 2.24) is 15.0 Å². The molecule has 2 aromatic heterocycles. The minimum Gasteiger partial charge on any atom is -0.397 e. The number of rotatable bonds is 7. The molecule has 0 spiro atoms. The summed E-state index contributed by atoms with van der Waals surface area (Å²) < 4.78 is 1.81. The molecule has 3 aromatic carbocycles. The number of anilines is 2. The van der Waals surface area contributed by atoms with Crippen LogP contribution in [0.3, 0.4) is 0 Å². The molecule has 1 amide bonds. The Labute approximate surface area is 195 Å². The topological polar surface area (TPSA) is 85.8 Å². The van der Waals surface area contributed by atoms with Gasteiger partial charge in [-0.05, 0) is 62.5 Å². The number of nitrogen functional groups attached to an aromatic ring is 1. The quantitative estimate of drug-likeness (QED) is 0.325. The molecule has 0 aliphatic heterocycles. The monoisotopic (exact) mass is 453 g/mol. The lowest BCUT2D eigenvalue weighted by atomic mass is 10.1. The first-order chi connectivity index (χ1) is 16.1. The standard InChI is InChI=1S/C26H23N5OS/c27-24-9-7-21(22-11-12-33-17-22)14-25(24)28-26(32)10-8-23-16-31(30-29-23)15-18-5-6-19-3-1-2-4-20(19)13-18/h1-7,9,11-14,16-17H,8,10,15,27H2,(H,28,32). The van der Waals surface area contributed by atoms with Gasteiger partial charge in [0.2, 0.25) is 5.91 Å². The van der Waals surface area contributed by atoms with E-state index in [1.54, 1.807) is 16.0 Å². The van der Waals surface area contributed by atoms with Crippen LogP contribution in [0.25, 0.3) is 21.9 Å². The highest BCUT2D eigenvalue weighted by molar-refractivity contribution is 7.08. The van der Waals surface area contributed by atoms with Gasteiger partial charge < -0.3 is 11.1 Å². The zero-order valence-electron chi connectivity index (χ0n) is 17.9. The van der Waals surface area contributed by atoms with Gasteiger partial charge in [0.1, 0.15) is 0 Å². The first-order valence-electron chi connectivity index (χ1n) is 10.7. The van der Waals surface area contributed by atoms with Crippen molar-refractivity contribution < 1.29 is 4.79 Å². The summed E-state index contributed by atoms with van der Waals surface area (Å²) in [6.07, 6.45) is 2.71. The number of carbonyl (C=O) groups is 1. The van der Waals surface area contributed by atoms with Gasteiger partial charge in [-0.2, -0.15) is 11.3 Å². The molecule has 3 N–H and O–H groups in total. The average Bonchev–Trinajstić information content (AvgIpc) is 3.52. The van der Waals surface area contributed by atoms with E-state index >= 15 is 0 Å². The molecule has 5 rings (SSSR count). The number of carbonyl (C=O) groups excluding carboxylic acids is 1. The van der Waals surface area contributed by atoms with E-state index in [2.05, 4.69) is 51.3 Å². The van der Waals surface area contributed by atoms with Gasteiger partial charge in [0.25, 0.3) is 0 Å². The van der Waals surface area contributed by atoms with Gasteiger partial charge >= 0.3 is 0 Å². The lowest BCUT2D eigenvalue weighted by molar-refractivity contribution is -0.116. The Morgan fingerprint density at radius 3 is 2.73 bits per heavy atom. The maximum Gasteiger partial charge on any atom is 0.224 e. The van der Waals surface area contributed by atoms with Gasteiger partial charge in [-0.1, -0.05) is 47.7 Å². The highest BCUT2D eigenvalue weighted by atomic mass is 32.1. The Bertz CT molecular complexity index is 1410. The molecule has 0 atom stereocenters. The van der Waals surface area contributed by atoms with Crippen molar-refractivity contribution in [3.8, 4) is 11.1 Å². The zero-order valence-corrected chi connectivity index (χ0v) is 18.8. The maximum atomic E-state index is 12.5. The highest BCUT2D eigenvalue weighted by Crippen LogP contribution is 2.28. The number of fused-ring (bicyclic) bond motifs is 1. The molecule has 0 saturated carbocycles. The Balaban J connectivity index is 1.19. The summed E-state index contributed by atoms with van der Waals surface area (Å²) in [6.45, 7) is 0.635. The van der Waals surface area contributed by atoms with Gasteiger partial charge in [-0.3, -0.25) is 4.79 Å². The summed E-state index contributed by atoms with van der Waals surface area (Å²) in [5.74, 6) is -0.103. The fourth-order valence-electron chi connectivity index (χ4n) is 3.78. The second-order valence-electron chi connectivity index (χ2n) is 7.95. The van der Waals surface area contributed by atoms with Crippen molar-refractivity contribution in [3.05, 3.63) is 94.9 Å². The number of hydrogen-bond acceptors (Lipinski definition) is 5. The molecule has 164 valence electrons. The Morgan fingerprint density at radius 2 is 1.88 bits per heavy atom. The number of benzene rings is 3. The first-order valence-corrected chi connectivity index (χ1v) is 11.7. The van der Waals surface area contributed by atoms with Crippen molar-refractivity contribution in [2.24, 2.45) is 0 Å². The van der Waals surface area contributed by atoms with Crippen LogP contribution in [0.1, 0.15) is 17.7 Å². The van der Waals surface area contributed by atoms with Gasteiger partial charge in [0, 0.05) is 19.0 Å². The number of aromatic nitrogens is 3. The molecule has 0 unspecified atom stereocenters. The van der Waals surface area contributed by atoms with E-state index in [-0.39, 0.29) is 5.91 Å². The molecule has 0 aliphatic rings. The Hall–Kier alpha value is -3.97. The summed E-state index contributed by atoms with van der Waals surface area (Å²) in [5.41, 5.74) is 11.3. The molecule has 6 nitrogen and oxygen atoms in total. The second kappa shape index (κ2) is 9.26. The summed E-state index contributed by atoms with van der Waals surface area (Å²) in [7, 11) is 0. The molecule has 0 aliphatic carbocycles. The van der Waals surface area contributed by atoms with Crippen molar-refractivity contribution in [2.75, 3.05) is 11.1 Å². The van der Waals surface area contributed by atoms with Gasteiger partial charge in [0.05, 0.1) is 23.6 Å². The van der Waals surface area contributed by atoms with Crippen LogP contribution in [0.2, 0.25) is 0 Å². The molecule has 0 radical (unpaired) electrons. The van der Waals surface area contributed by atoms with Crippen LogP contribution in [0.15, 0.2) is 83.7 Å². The van der Waals surface area contributed by atoms with Crippen LogP contribution >= 0.6 is 11.3 Å². The van der Waals surface area contributed by atoms with E-state index in [4.69, 9.17) is 5.73 Å². The SMILES string of the molecule is Nc1ccc(-c2ccsc2)cc1NC(=O)CCc1cn(Cc2ccc3ccccc3c2)nn1. The predicted octanol–water partition coefficient (Wildman–Crippen LogP) is 5.36. The Kier molecular flexibility index (Phi) is 5.87. The summed E-state index contributed by atoms with van der Waals surface area (Å²) >= 11 is 1.63. The van der Waals surface area contributed by atoms with Crippen molar-refractivity contribution in [3.63, 3.8) is 0 Å². The van der Waals surface area contributed by atoms with E-state index in [0.29, 0.717) is 30.8 Å². The lowest BCUT2D eigenvalue weighted by Gasteiger charge is -2.10. The highest BCUT2D eigenvalue weighted by Gasteiger charge is 2.10. The van der Waals surface area contributed by atoms with Crippen LogP contribution in [0.5, 0.6) is 0 Å². The molecule has 0 bridgehead atoms. The van der Waals surface area contributed by atoms with Crippen molar-refractivity contribution in [2.45, 2.75) is 19.4 Å². The minimum absolute atomic E-state index is 0.103. The van der Waals surface area contributed by atoms with E-state index in [9.17, 15) is 4.79 Å². The minimum atomic E-state index is -0.103. The average molecular weight is 454 g/mol. The van der Waals surface area contributed by atoms with Crippen LogP contribution < -0.4 is 11.1 Å². The molecular formula is C26H23N5OS. The fourth-order valence-corrected chi connectivity index (χ4v) is 4.45. The molecule has 0 saturated heterocycles. The third-order valence-corrected chi connectivity index (χ3v) is 6.22. The first kappa shape index (κ1) is 20.9. The zero-order chi connectivity index (χ0) is 22.6. The van der Waals surface area contributed by atoms with Crippen LogP contribution in [0, 0.1) is 0 Å². The third-order valence-electron chi connectivity index (χ3n) is 5.53. The third kappa shape index (κ3) is 4.94. The largest absolute Gasteiger partial charge is 0.397 e. The van der Waals surface area contributed by atoms with Gasteiger partial charge in [-0.15, -0.1) is 5.10 Å². The molecule has 0 fully saturated rings. The summed E-state index contributed by atoms with van der Waals surface area (Å²) in [4.78, 5) is 12.5. The van der Waals surface area contributed by atoms with Crippen molar-refractivity contribution >= 4 is 39.4 Å². The number of aryl methyl sites for hydroxylation is 1. The van der Waals surface area contributed by atoms with E-state index in [1.165, 1.54) is 10.8 Å². The lowest BCUT2D eigenvalue weighted by Crippen LogP contribution is -2.13. The Morgan fingerprint density at radius 1 is 1.00 bits per heavy atom. The maximum absolute atomic E-state index is 12.5.